The second-order valence-corrected chi connectivity index (χ2v) is 19.5. The van der Waals surface area contributed by atoms with Gasteiger partial charge in [-0.1, -0.05) is 153 Å². The van der Waals surface area contributed by atoms with E-state index in [4.69, 9.17) is 0 Å². The molecule has 3 heteroatoms. The number of hydrogen-bond acceptors (Lipinski definition) is 2. The summed E-state index contributed by atoms with van der Waals surface area (Å²) in [4.78, 5) is 2.47. The average Bonchev–Trinajstić information content (AvgIpc) is 3.67. The average molecular weight is 686 g/mol. The van der Waals surface area contributed by atoms with Gasteiger partial charge in [0.1, 0.15) is 8.07 Å². The van der Waals surface area contributed by atoms with Gasteiger partial charge in [-0.15, -0.1) is 11.3 Å². The summed E-state index contributed by atoms with van der Waals surface area (Å²) in [5.41, 5.74) is 11.3. The van der Waals surface area contributed by atoms with Crippen LogP contribution in [0, 0.1) is 0 Å². The summed E-state index contributed by atoms with van der Waals surface area (Å²) >= 11 is 1.95. The molecule has 10 rings (SSSR count). The predicted molar refractivity (Wildman–Crippen MR) is 225 cm³/mol. The fraction of sp³-hybridized carbons (Fsp3) is 0.0417. The summed E-state index contributed by atoms with van der Waals surface area (Å²) in [6.07, 6.45) is 0. The summed E-state index contributed by atoms with van der Waals surface area (Å²) in [5.74, 6) is 0. The summed E-state index contributed by atoms with van der Waals surface area (Å²) < 4.78 is 2.79. The molecule has 0 bridgehead atoms. The van der Waals surface area contributed by atoms with Crippen LogP contribution in [0.25, 0.3) is 64.3 Å². The molecule has 8 aromatic carbocycles. The van der Waals surface area contributed by atoms with Gasteiger partial charge >= 0.3 is 0 Å². The number of thiophene rings is 1. The number of nitrogens with zero attached hydrogens (tertiary/aromatic N) is 1. The van der Waals surface area contributed by atoms with Crippen LogP contribution in [0.3, 0.4) is 0 Å². The molecule has 0 N–H and O–H groups in total. The summed E-state index contributed by atoms with van der Waals surface area (Å²) in [6.45, 7) is 5.06. The molecular formula is C48H35NSSi. The predicted octanol–water partition coefficient (Wildman–Crippen LogP) is 12.8. The van der Waals surface area contributed by atoms with E-state index >= 15 is 0 Å². The first-order valence-electron chi connectivity index (χ1n) is 17.7. The number of anilines is 3. The van der Waals surface area contributed by atoms with Crippen LogP contribution in [0.15, 0.2) is 176 Å². The molecule has 1 aliphatic heterocycles. The molecule has 0 radical (unpaired) electrons. The number of hydrogen-bond donors (Lipinski definition) is 0. The maximum Gasteiger partial charge on any atom is 0.114 e. The smallest absolute Gasteiger partial charge is 0.114 e. The van der Waals surface area contributed by atoms with E-state index < -0.39 is 8.07 Å². The highest BCUT2D eigenvalue weighted by molar-refractivity contribution is 7.26. The van der Waals surface area contributed by atoms with Crippen LogP contribution < -0.4 is 15.3 Å². The number of para-hydroxylation sites is 1. The zero-order valence-electron chi connectivity index (χ0n) is 28.6. The molecule has 0 aliphatic carbocycles. The Morgan fingerprint density at radius 3 is 1.98 bits per heavy atom. The minimum atomic E-state index is -2.00. The molecule has 1 aliphatic rings. The third kappa shape index (κ3) is 4.73. The number of fused-ring (bicyclic) bond motifs is 8. The first-order chi connectivity index (χ1) is 25.1. The Labute approximate surface area is 303 Å². The molecule has 0 unspecified atom stereocenters. The molecule has 0 saturated carbocycles. The van der Waals surface area contributed by atoms with Gasteiger partial charge in [-0.2, -0.15) is 0 Å². The Kier molecular flexibility index (Phi) is 6.89. The van der Waals surface area contributed by atoms with Crippen molar-refractivity contribution in [2.45, 2.75) is 13.1 Å². The summed E-state index contributed by atoms with van der Waals surface area (Å²) in [5, 5.41) is 8.33. The van der Waals surface area contributed by atoms with Gasteiger partial charge < -0.3 is 4.90 Å². The van der Waals surface area contributed by atoms with E-state index in [1.807, 2.05) is 11.3 Å². The van der Waals surface area contributed by atoms with Gasteiger partial charge in [0, 0.05) is 37.1 Å². The van der Waals surface area contributed by atoms with E-state index in [0.717, 1.165) is 5.69 Å². The van der Waals surface area contributed by atoms with E-state index in [-0.39, 0.29) is 0 Å². The molecule has 9 aromatic rings. The molecule has 2 heterocycles. The monoisotopic (exact) mass is 685 g/mol. The van der Waals surface area contributed by atoms with Crippen LogP contribution in [-0.2, 0) is 0 Å². The lowest BCUT2D eigenvalue weighted by molar-refractivity contribution is 1.29. The van der Waals surface area contributed by atoms with Gasteiger partial charge in [-0.3, -0.25) is 0 Å². The van der Waals surface area contributed by atoms with Gasteiger partial charge in [0.2, 0.25) is 0 Å². The number of benzene rings is 8. The standard InChI is InChI=1S/C48H35NSSi/c1-51(2)45-30-29-41-40-19-9-11-22-44(40)50-48(41)47(45)42-28-27-36(31-46(42)51)49(43-21-10-8-18-39(43)33-13-4-3-5-14-33)35-25-23-34(24-26-35)38-20-12-16-32-15-6-7-17-37(32)38/h3-31H,1-2H3. The van der Waals surface area contributed by atoms with Crippen LogP contribution in [0.2, 0.25) is 13.1 Å². The topological polar surface area (TPSA) is 3.24 Å². The first-order valence-corrected chi connectivity index (χ1v) is 21.5. The fourth-order valence-electron chi connectivity index (χ4n) is 8.35. The van der Waals surface area contributed by atoms with Crippen molar-refractivity contribution in [3.8, 4) is 33.4 Å². The van der Waals surface area contributed by atoms with Gasteiger partial charge in [0.05, 0.1) is 5.69 Å². The molecule has 1 aromatic heterocycles. The Balaban J connectivity index is 1.16. The molecule has 0 atom stereocenters. The Hall–Kier alpha value is -5.74. The molecule has 0 fully saturated rings. The SMILES string of the molecule is C[Si]1(C)c2cc(N(c3ccc(-c4cccc5ccccc45)cc3)c3ccccc3-c3ccccc3)ccc2-c2c1ccc1c2sc2ccccc21. The van der Waals surface area contributed by atoms with Crippen molar-refractivity contribution < 1.29 is 0 Å². The lowest BCUT2D eigenvalue weighted by Crippen LogP contribution is -2.49. The van der Waals surface area contributed by atoms with Gasteiger partial charge in [-0.05, 0) is 85.4 Å². The minimum Gasteiger partial charge on any atom is -0.310 e. The van der Waals surface area contributed by atoms with Crippen molar-refractivity contribution in [1.29, 1.82) is 0 Å². The maximum atomic E-state index is 2.53. The lowest BCUT2D eigenvalue weighted by atomic mass is 9.97. The second kappa shape index (κ2) is 11.7. The minimum absolute atomic E-state index is 1.14. The zero-order chi connectivity index (χ0) is 34.1. The summed E-state index contributed by atoms with van der Waals surface area (Å²) in [7, 11) is -2.00. The highest BCUT2D eigenvalue weighted by atomic mass is 32.1. The fourth-order valence-corrected chi connectivity index (χ4v) is 12.8. The molecular weight excluding hydrogens is 651 g/mol. The molecule has 242 valence electrons. The van der Waals surface area contributed by atoms with E-state index in [9.17, 15) is 0 Å². The van der Waals surface area contributed by atoms with E-state index in [0.29, 0.717) is 0 Å². The molecule has 51 heavy (non-hydrogen) atoms. The number of rotatable bonds is 5. The second-order valence-electron chi connectivity index (χ2n) is 14.1. The molecule has 0 saturated heterocycles. The van der Waals surface area contributed by atoms with Crippen LogP contribution >= 0.6 is 11.3 Å². The highest BCUT2D eigenvalue weighted by Crippen LogP contribution is 2.45. The van der Waals surface area contributed by atoms with Crippen molar-refractivity contribution in [2.24, 2.45) is 0 Å². The molecule has 0 spiro atoms. The van der Waals surface area contributed by atoms with Gasteiger partial charge in [-0.25, -0.2) is 0 Å². The molecule has 0 amide bonds. The lowest BCUT2D eigenvalue weighted by Gasteiger charge is -2.29. The quantitative estimate of drug-likeness (QED) is 0.163. The van der Waals surface area contributed by atoms with Gasteiger partial charge in [0.25, 0.3) is 0 Å². The normalized spacial score (nSPS) is 13.1. The Bertz CT molecular complexity index is 2770. The van der Waals surface area contributed by atoms with Crippen molar-refractivity contribution in [2.75, 3.05) is 4.90 Å². The van der Waals surface area contributed by atoms with Gasteiger partial charge in [0.15, 0.2) is 0 Å². The third-order valence-corrected chi connectivity index (χ3v) is 15.6. The zero-order valence-corrected chi connectivity index (χ0v) is 30.4. The molecule has 1 nitrogen and oxygen atoms in total. The van der Waals surface area contributed by atoms with Crippen LogP contribution in [0.4, 0.5) is 17.1 Å². The van der Waals surface area contributed by atoms with E-state index in [1.165, 1.54) is 80.9 Å². The van der Waals surface area contributed by atoms with Crippen molar-refractivity contribution in [1.82, 2.24) is 0 Å². The van der Waals surface area contributed by atoms with Crippen LogP contribution in [-0.4, -0.2) is 8.07 Å². The van der Waals surface area contributed by atoms with Crippen LogP contribution in [0.5, 0.6) is 0 Å². The van der Waals surface area contributed by atoms with Crippen molar-refractivity contribution >= 4 is 77.8 Å². The van der Waals surface area contributed by atoms with Crippen molar-refractivity contribution in [3.05, 3.63) is 176 Å². The first kappa shape index (κ1) is 30.1. The largest absolute Gasteiger partial charge is 0.310 e. The van der Waals surface area contributed by atoms with Crippen molar-refractivity contribution in [3.63, 3.8) is 0 Å². The van der Waals surface area contributed by atoms with Crippen LogP contribution in [0.1, 0.15) is 0 Å². The summed E-state index contributed by atoms with van der Waals surface area (Å²) in [6, 6.07) is 65.0. The Morgan fingerprint density at radius 2 is 1.12 bits per heavy atom. The van der Waals surface area contributed by atoms with E-state index in [2.05, 4.69) is 194 Å². The van der Waals surface area contributed by atoms with E-state index in [1.54, 1.807) is 5.19 Å². The maximum absolute atomic E-state index is 2.53. The highest BCUT2D eigenvalue weighted by Gasteiger charge is 2.39. The Morgan fingerprint density at radius 1 is 0.451 bits per heavy atom. The third-order valence-electron chi connectivity index (χ3n) is 10.9.